The van der Waals surface area contributed by atoms with E-state index in [0.29, 0.717) is 0 Å². The van der Waals surface area contributed by atoms with Gasteiger partial charge in [-0.2, -0.15) is 0 Å². The zero-order valence-electron chi connectivity index (χ0n) is 15.3. The van der Waals surface area contributed by atoms with Crippen molar-refractivity contribution in [1.29, 1.82) is 0 Å². The van der Waals surface area contributed by atoms with Gasteiger partial charge in [-0.15, -0.1) is 0 Å². The number of anilines is 1. The lowest BCUT2D eigenvalue weighted by molar-refractivity contribution is 0.0925. The number of nitrogens with zero attached hydrogens (tertiary/aromatic N) is 6. The topological polar surface area (TPSA) is 47.9 Å². The van der Waals surface area contributed by atoms with E-state index >= 15 is 0 Å². The van der Waals surface area contributed by atoms with E-state index in [9.17, 15) is 0 Å². The quantitative estimate of drug-likeness (QED) is 0.852. The summed E-state index contributed by atoms with van der Waals surface area (Å²) < 4.78 is 0. The summed E-state index contributed by atoms with van der Waals surface area (Å²) in [5.41, 5.74) is 3.01. The number of aliphatic imine (C=N–C) groups is 1. The fraction of sp³-hybridized carbons (Fsp3) is 0.350. The summed E-state index contributed by atoms with van der Waals surface area (Å²) in [6.07, 6.45) is 7.92. The summed E-state index contributed by atoms with van der Waals surface area (Å²) in [6, 6.07) is 10.2. The molecule has 3 heterocycles. The standard InChI is InChI=1S/C20H24N6/c1-16-19(22-15-18(23-16)17-7-4-3-5-8-17)25-11-13-26(14-12-25)20-21-9-6-10-24(20)2/h3-10,15,20H,11-14H2,1-2H3. The second kappa shape index (κ2) is 7.25. The minimum Gasteiger partial charge on any atom is -0.353 e. The molecule has 0 aliphatic carbocycles. The normalized spacial score (nSPS) is 20.6. The summed E-state index contributed by atoms with van der Waals surface area (Å²) in [4.78, 5) is 21.0. The van der Waals surface area contributed by atoms with Crippen LogP contribution in [0.15, 0.2) is 53.8 Å². The first-order valence-electron chi connectivity index (χ1n) is 9.02. The molecule has 0 N–H and O–H groups in total. The minimum absolute atomic E-state index is 0.106. The summed E-state index contributed by atoms with van der Waals surface area (Å²) in [5.74, 6) is 0.990. The Morgan fingerprint density at radius 2 is 1.81 bits per heavy atom. The van der Waals surface area contributed by atoms with Gasteiger partial charge >= 0.3 is 0 Å². The Morgan fingerprint density at radius 3 is 2.50 bits per heavy atom. The zero-order valence-corrected chi connectivity index (χ0v) is 15.3. The third-order valence-corrected chi connectivity index (χ3v) is 4.92. The molecule has 0 bridgehead atoms. The third kappa shape index (κ3) is 3.32. The number of benzene rings is 1. The van der Waals surface area contributed by atoms with Gasteiger partial charge in [-0.3, -0.25) is 9.89 Å². The average Bonchev–Trinajstić information content (AvgIpc) is 2.69. The monoisotopic (exact) mass is 348 g/mol. The largest absolute Gasteiger partial charge is 0.353 e. The van der Waals surface area contributed by atoms with Gasteiger partial charge < -0.3 is 9.80 Å². The highest BCUT2D eigenvalue weighted by atomic mass is 15.4. The molecule has 1 fully saturated rings. The molecule has 0 amide bonds. The van der Waals surface area contributed by atoms with Crippen molar-refractivity contribution in [3.05, 3.63) is 54.5 Å². The molecule has 1 atom stereocenters. The molecule has 2 aliphatic heterocycles. The van der Waals surface area contributed by atoms with Gasteiger partial charge in [0.15, 0.2) is 6.29 Å². The van der Waals surface area contributed by atoms with Crippen molar-refractivity contribution in [2.75, 3.05) is 38.1 Å². The van der Waals surface area contributed by atoms with E-state index in [4.69, 9.17) is 9.97 Å². The maximum Gasteiger partial charge on any atom is 0.178 e. The predicted octanol–water partition coefficient (Wildman–Crippen LogP) is 2.39. The molecular formula is C20H24N6. The lowest BCUT2D eigenvalue weighted by Gasteiger charge is -2.41. The lowest BCUT2D eigenvalue weighted by Crippen LogP contribution is -2.54. The van der Waals surface area contributed by atoms with Gasteiger partial charge in [-0.25, -0.2) is 9.97 Å². The van der Waals surface area contributed by atoms with Gasteiger partial charge in [0.1, 0.15) is 5.82 Å². The van der Waals surface area contributed by atoms with Crippen LogP contribution in [0.4, 0.5) is 5.82 Å². The predicted molar refractivity (Wildman–Crippen MR) is 105 cm³/mol. The van der Waals surface area contributed by atoms with Crippen LogP contribution in [0.3, 0.4) is 0 Å². The summed E-state index contributed by atoms with van der Waals surface area (Å²) >= 11 is 0. The number of piperazine rings is 1. The Bertz CT molecular complexity index is 808. The van der Waals surface area contributed by atoms with Crippen LogP contribution in [0, 0.1) is 6.92 Å². The van der Waals surface area contributed by atoms with Crippen LogP contribution in [0.25, 0.3) is 11.3 Å². The summed E-state index contributed by atoms with van der Waals surface area (Å²) in [5, 5.41) is 0. The van der Waals surface area contributed by atoms with Gasteiger partial charge in [0.25, 0.3) is 0 Å². The van der Waals surface area contributed by atoms with Crippen LogP contribution in [-0.2, 0) is 0 Å². The zero-order chi connectivity index (χ0) is 17.9. The molecule has 1 aromatic heterocycles. The number of aromatic nitrogens is 2. The van der Waals surface area contributed by atoms with Crippen LogP contribution in [0.5, 0.6) is 0 Å². The van der Waals surface area contributed by atoms with E-state index in [-0.39, 0.29) is 6.29 Å². The van der Waals surface area contributed by atoms with Crippen molar-refractivity contribution in [2.45, 2.75) is 13.2 Å². The SMILES string of the molecule is Cc1nc(-c2ccccc2)cnc1N1CCN(C2N=CC=CN2C)CC1. The van der Waals surface area contributed by atoms with Crippen molar-refractivity contribution < 1.29 is 0 Å². The number of allylic oxidation sites excluding steroid dienone is 1. The third-order valence-electron chi connectivity index (χ3n) is 4.92. The molecular weight excluding hydrogens is 324 g/mol. The molecule has 1 saturated heterocycles. The van der Waals surface area contributed by atoms with Gasteiger partial charge in [0, 0.05) is 51.2 Å². The second-order valence-electron chi connectivity index (χ2n) is 6.70. The maximum absolute atomic E-state index is 4.78. The van der Waals surface area contributed by atoms with Crippen molar-refractivity contribution in [3.63, 3.8) is 0 Å². The van der Waals surface area contributed by atoms with Crippen LogP contribution in [0.2, 0.25) is 0 Å². The highest BCUT2D eigenvalue weighted by molar-refractivity contribution is 5.71. The molecule has 1 unspecified atom stereocenters. The Labute approximate surface area is 154 Å². The number of hydrogen-bond acceptors (Lipinski definition) is 6. The Hall–Kier alpha value is -2.73. The molecule has 4 rings (SSSR count). The molecule has 134 valence electrons. The number of rotatable bonds is 3. The van der Waals surface area contributed by atoms with Crippen LogP contribution < -0.4 is 4.90 Å². The first-order valence-corrected chi connectivity index (χ1v) is 9.02. The first kappa shape index (κ1) is 16.7. The van der Waals surface area contributed by atoms with Gasteiger partial charge in [0.2, 0.25) is 0 Å². The molecule has 0 radical (unpaired) electrons. The van der Waals surface area contributed by atoms with Crippen molar-refractivity contribution in [1.82, 2.24) is 19.8 Å². The maximum atomic E-state index is 4.78. The molecule has 26 heavy (non-hydrogen) atoms. The molecule has 2 aromatic rings. The molecule has 1 aromatic carbocycles. The van der Waals surface area contributed by atoms with E-state index in [2.05, 4.69) is 45.1 Å². The average molecular weight is 348 g/mol. The van der Waals surface area contributed by atoms with E-state index in [1.807, 2.05) is 43.6 Å². The lowest BCUT2D eigenvalue weighted by atomic mass is 10.1. The smallest absolute Gasteiger partial charge is 0.178 e. The van der Waals surface area contributed by atoms with Crippen LogP contribution in [0.1, 0.15) is 5.69 Å². The fourth-order valence-corrected chi connectivity index (χ4v) is 3.53. The van der Waals surface area contributed by atoms with E-state index in [1.54, 1.807) is 0 Å². The highest BCUT2D eigenvalue weighted by Crippen LogP contribution is 2.23. The Balaban J connectivity index is 1.45. The Kier molecular flexibility index (Phi) is 4.67. The van der Waals surface area contributed by atoms with E-state index in [0.717, 1.165) is 48.9 Å². The molecule has 0 saturated carbocycles. The summed E-state index contributed by atoms with van der Waals surface area (Å²) in [6.45, 7) is 5.84. The highest BCUT2D eigenvalue weighted by Gasteiger charge is 2.27. The van der Waals surface area contributed by atoms with E-state index in [1.165, 1.54) is 0 Å². The van der Waals surface area contributed by atoms with Crippen molar-refractivity contribution in [3.8, 4) is 11.3 Å². The molecule has 2 aliphatic rings. The van der Waals surface area contributed by atoms with Crippen molar-refractivity contribution in [2.24, 2.45) is 4.99 Å². The number of hydrogen-bond donors (Lipinski definition) is 0. The second-order valence-corrected chi connectivity index (χ2v) is 6.70. The van der Waals surface area contributed by atoms with Crippen LogP contribution >= 0.6 is 0 Å². The molecule has 6 heteroatoms. The minimum atomic E-state index is 0.106. The van der Waals surface area contributed by atoms with Crippen molar-refractivity contribution >= 4 is 12.0 Å². The fourth-order valence-electron chi connectivity index (χ4n) is 3.53. The summed E-state index contributed by atoms with van der Waals surface area (Å²) in [7, 11) is 2.07. The first-order chi connectivity index (χ1) is 12.7. The molecule has 6 nitrogen and oxygen atoms in total. The van der Waals surface area contributed by atoms with Crippen LogP contribution in [-0.4, -0.2) is 65.5 Å². The van der Waals surface area contributed by atoms with Gasteiger partial charge in [-0.05, 0) is 13.0 Å². The van der Waals surface area contributed by atoms with E-state index < -0.39 is 0 Å². The van der Waals surface area contributed by atoms with Gasteiger partial charge in [-0.1, -0.05) is 30.3 Å². The number of aryl methyl sites for hydroxylation is 1. The van der Waals surface area contributed by atoms with Gasteiger partial charge in [0.05, 0.1) is 17.6 Å². The Morgan fingerprint density at radius 1 is 1.04 bits per heavy atom. The molecule has 0 spiro atoms.